The van der Waals surface area contributed by atoms with Crippen LogP contribution in [0.4, 0.5) is 0 Å². The van der Waals surface area contributed by atoms with Gasteiger partial charge in [0.15, 0.2) is 0 Å². The van der Waals surface area contributed by atoms with Gasteiger partial charge in [-0.3, -0.25) is 5.32 Å². The third-order valence-corrected chi connectivity index (χ3v) is 3.76. The lowest BCUT2D eigenvalue weighted by atomic mass is 9.80. The maximum atomic E-state index is 6.05. The molecule has 0 bridgehead atoms. The number of nitrogens with one attached hydrogen (secondary N) is 1. The van der Waals surface area contributed by atoms with Crippen LogP contribution in [0.3, 0.4) is 0 Å². The Morgan fingerprint density at radius 3 is 2.33 bits per heavy atom. The van der Waals surface area contributed by atoms with Gasteiger partial charge < -0.3 is 9.47 Å². The van der Waals surface area contributed by atoms with Crippen LogP contribution in [0.15, 0.2) is 0 Å². The first kappa shape index (κ1) is 11.4. The van der Waals surface area contributed by atoms with Crippen molar-refractivity contribution in [3.05, 3.63) is 0 Å². The summed E-state index contributed by atoms with van der Waals surface area (Å²) in [5.74, 6) is 0.617. The predicted octanol–water partition coefficient (Wildman–Crippen LogP) is 1.78. The second-order valence-electron chi connectivity index (χ2n) is 5.86. The van der Waals surface area contributed by atoms with Crippen molar-refractivity contribution in [2.24, 2.45) is 11.3 Å². The van der Waals surface area contributed by atoms with Crippen LogP contribution in [0.5, 0.6) is 0 Å². The molecule has 0 radical (unpaired) electrons. The lowest BCUT2D eigenvalue weighted by Gasteiger charge is -2.46. The molecule has 1 spiro atoms. The summed E-state index contributed by atoms with van der Waals surface area (Å²) in [6.07, 6.45) is 1.98. The van der Waals surface area contributed by atoms with Crippen LogP contribution in [0.1, 0.15) is 33.6 Å². The van der Waals surface area contributed by atoms with E-state index in [-0.39, 0.29) is 5.72 Å². The molecule has 3 nitrogen and oxygen atoms in total. The van der Waals surface area contributed by atoms with Crippen molar-refractivity contribution in [2.45, 2.75) is 39.3 Å². The summed E-state index contributed by atoms with van der Waals surface area (Å²) in [4.78, 5) is 0. The van der Waals surface area contributed by atoms with Gasteiger partial charge in [-0.05, 0) is 11.3 Å². The van der Waals surface area contributed by atoms with Crippen LogP contribution < -0.4 is 5.32 Å². The fourth-order valence-electron chi connectivity index (χ4n) is 2.26. The average Bonchev–Trinajstić information content (AvgIpc) is 2.18. The highest BCUT2D eigenvalue weighted by Gasteiger charge is 2.40. The molecule has 1 unspecified atom stereocenters. The molecule has 1 N–H and O–H groups in total. The van der Waals surface area contributed by atoms with Gasteiger partial charge in [-0.25, -0.2) is 0 Å². The molecular formula is C12H23NO2. The highest BCUT2D eigenvalue weighted by molar-refractivity contribution is 4.89. The molecule has 2 fully saturated rings. The lowest BCUT2D eigenvalue weighted by Crippen LogP contribution is -2.59. The molecule has 2 aliphatic heterocycles. The monoisotopic (exact) mass is 213 g/mol. The minimum Gasteiger partial charge on any atom is -0.381 e. The fourth-order valence-corrected chi connectivity index (χ4v) is 2.26. The van der Waals surface area contributed by atoms with Crippen molar-refractivity contribution >= 4 is 0 Å². The Labute approximate surface area is 92.5 Å². The molecule has 2 rings (SSSR count). The second kappa shape index (κ2) is 4.04. The van der Waals surface area contributed by atoms with Gasteiger partial charge in [0.1, 0.15) is 5.72 Å². The summed E-state index contributed by atoms with van der Waals surface area (Å²) >= 11 is 0. The molecule has 15 heavy (non-hydrogen) atoms. The predicted molar refractivity (Wildman–Crippen MR) is 59.7 cm³/mol. The Kier molecular flexibility index (Phi) is 3.06. The minimum atomic E-state index is -0.0694. The quantitative estimate of drug-likeness (QED) is 0.665. The van der Waals surface area contributed by atoms with E-state index in [0.29, 0.717) is 11.3 Å². The molecule has 2 saturated heterocycles. The number of hydrogen-bond donors (Lipinski definition) is 1. The first-order valence-electron chi connectivity index (χ1n) is 5.99. The first-order valence-corrected chi connectivity index (χ1v) is 5.99. The van der Waals surface area contributed by atoms with E-state index in [1.54, 1.807) is 0 Å². The van der Waals surface area contributed by atoms with Gasteiger partial charge in [-0.15, -0.1) is 0 Å². The van der Waals surface area contributed by atoms with Crippen LogP contribution in [0, 0.1) is 11.3 Å². The van der Waals surface area contributed by atoms with Gasteiger partial charge in [0.05, 0.1) is 19.8 Å². The van der Waals surface area contributed by atoms with Crippen LogP contribution in [0.2, 0.25) is 0 Å². The van der Waals surface area contributed by atoms with E-state index in [2.05, 4.69) is 26.1 Å². The Hall–Kier alpha value is -0.120. The second-order valence-corrected chi connectivity index (χ2v) is 5.86. The Bertz CT molecular complexity index is 206. The standard InChI is InChI=1S/C12H23NO2/c1-11(2,3)10-8-13-12(15-9-10)4-6-14-7-5-12/h10,13H,4-9H2,1-3H3. The van der Waals surface area contributed by atoms with Crippen LogP contribution in [-0.4, -0.2) is 32.1 Å². The molecule has 1 atom stereocenters. The van der Waals surface area contributed by atoms with Gasteiger partial charge >= 0.3 is 0 Å². The molecule has 0 aromatic rings. The van der Waals surface area contributed by atoms with E-state index in [1.807, 2.05) is 0 Å². The zero-order valence-corrected chi connectivity index (χ0v) is 10.1. The lowest BCUT2D eigenvalue weighted by molar-refractivity contribution is -0.172. The maximum absolute atomic E-state index is 6.05. The van der Waals surface area contributed by atoms with E-state index in [1.165, 1.54) is 0 Å². The average molecular weight is 213 g/mol. The highest BCUT2D eigenvalue weighted by atomic mass is 16.5. The van der Waals surface area contributed by atoms with Gasteiger partial charge in [0.25, 0.3) is 0 Å². The molecule has 0 aromatic carbocycles. The normalized spacial score (nSPS) is 31.8. The third-order valence-electron chi connectivity index (χ3n) is 3.76. The molecule has 0 aliphatic carbocycles. The molecule has 2 aliphatic rings. The van der Waals surface area contributed by atoms with Crippen LogP contribution in [-0.2, 0) is 9.47 Å². The summed E-state index contributed by atoms with van der Waals surface area (Å²) in [5.41, 5.74) is 0.264. The first-order chi connectivity index (χ1) is 7.02. The number of ether oxygens (including phenoxy) is 2. The highest BCUT2D eigenvalue weighted by Crippen LogP contribution is 2.33. The molecule has 88 valence electrons. The summed E-state index contributed by atoms with van der Waals surface area (Å²) in [7, 11) is 0. The van der Waals surface area contributed by atoms with Gasteiger partial charge in [-0.1, -0.05) is 20.8 Å². The summed E-state index contributed by atoms with van der Waals surface area (Å²) in [6, 6.07) is 0. The van der Waals surface area contributed by atoms with Crippen molar-refractivity contribution in [3.63, 3.8) is 0 Å². The smallest absolute Gasteiger partial charge is 0.123 e. The fraction of sp³-hybridized carbons (Fsp3) is 1.00. The summed E-state index contributed by atoms with van der Waals surface area (Å²) in [5, 5.41) is 3.59. The van der Waals surface area contributed by atoms with Gasteiger partial charge in [-0.2, -0.15) is 0 Å². The van der Waals surface area contributed by atoms with Crippen molar-refractivity contribution < 1.29 is 9.47 Å². The van der Waals surface area contributed by atoms with Crippen LogP contribution >= 0.6 is 0 Å². The van der Waals surface area contributed by atoms with Gasteiger partial charge in [0.2, 0.25) is 0 Å². The largest absolute Gasteiger partial charge is 0.381 e. The molecule has 0 saturated carbocycles. The van der Waals surface area contributed by atoms with E-state index in [9.17, 15) is 0 Å². The van der Waals surface area contributed by atoms with Crippen molar-refractivity contribution in [3.8, 4) is 0 Å². The Balaban J connectivity index is 1.91. The molecule has 0 amide bonds. The van der Waals surface area contributed by atoms with Gasteiger partial charge in [0, 0.05) is 19.4 Å². The van der Waals surface area contributed by atoms with E-state index in [0.717, 1.165) is 39.2 Å². The SMILES string of the molecule is CC(C)(C)C1CNC2(CCOCC2)OC1. The van der Waals surface area contributed by atoms with Crippen molar-refractivity contribution in [2.75, 3.05) is 26.4 Å². The molecular weight excluding hydrogens is 190 g/mol. The minimum absolute atomic E-state index is 0.0694. The zero-order valence-electron chi connectivity index (χ0n) is 10.1. The van der Waals surface area contributed by atoms with E-state index < -0.39 is 0 Å². The van der Waals surface area contributed by atoms with Crippen molar-refractivity contribution in [1.29, 1.82) is 0 Å². The Morgan fingerprint density at radius 2 is 1.87 bits per heavy atom. The van der Waals surface area contributed by atoms with E-state index in [4.69, 9.17) is 9.47 Å². The molecule has 0 aromatic heterocycles. The molecule has 3 heteroatoms. The van der Waals surface area contributed by atoms with Crippen LogP contribution in [0.25, 0.3) is 0 Å². The van der Waals surface area contributed by atoms with Crippen molar-refractivity contribution in [1.82, 2.24) is 5.32 Å². The molecule has 2 heterocycles. The Morgan fingerprint density at radius 1 is 1.20 bits per heavy atom. The maximum Gasteiger partial charge on any atom is 0.123 e. The third kappa shape index (κ3) is 2.52. The summed E-state index contributed by atoms with van der Waals surface area (Å²) in [6.45, 7) is 10.5. The summed E-state index contributed by atoms with van der Waals surface area (Å²) < 4.78 is 11.4. The number of rotatable bonds is 0. The topological polar surface area (TPSA) is 30.5 Å². The number of hydrogen-bond acceptors (Lipinski definition) is 3. The zero-order chi connectivity index (χ0) is 10.9. The van der Waals surface area contributed by atoms with E-state index >= 15 is 0 Å².